The van der Waals surface area contributed by atoms with Gasteiger partial charge >= 0.3 is 5.97 Å². The second-order valence-electron chi connectivity index (χ2n) is 4.19. The number of aliphatic hydroxyl groups excluding tert-OH is 1. The van der Waals surface area contributed by atoms with E-state index in [-0.39, 0.29) is 12.1 Å². The normalized spacial score (nSPS) is 13.9. The number of aliphatic hydroxyl groups is 1. The third-order valence-corrected chi connectivity index (χ3v) is 1.57. The summed E-state index contributed by atoms with van der Waals surface area (Å²) in [6.45, 7) is 7.39. The summed E-state index contributed by atoms with van der Waals surface area (Å²) in [5.41, 5.74) is -0.422. The van der Waals surface area contributed by atoms with Gasteiger partial charge in [0.05, 0.1) is 6.10 Å². The predicted molar refractivity (Wildman–Crippen MR) is 51.4 cm³/mol. The van der Waals surface area contributed by atoms with Crippen LogP contribution in [0.4, 0.5) is 0 Å². The molecule has 0 bridgehead atoms. The summed E-state index contributed by atoms with van der Waals surface area (Å²) in [7, 11) is 0. The molecule has 0 heterocycles. The fourth-order valence-electron chi connectivity index (χ4n) is 0.881. The topological polar surface area (TPSA) is 46.5 Å². The van der Waals surface area contributed by atoms with E-state index in [9.17, 15) is 9.90 Å². The molecule has 1 N–H and O–H groups in total. The van der Waals surface area contributed by atoms with Gasteiger partial charge in [-0.3, -0.25) is 4.79 Å². The molecule has 0 radical (unpaired) electrons. The van der Waals surface area contributed by atoms with E-state index in [1.807, 2.05) is 27.7 Å². The molecule has 0 amide bonds. The van der Waals surface area contributed by atoms with Crippen LogP contribution in [0, 0.1) is 0 Å². The maximum Gasteiger partial charge on any atom is 0.306 e. The first-order chi connectivity index (χ1) is 5.85. The number of rotatable bonds is 4. The molecule has 0 aliphatic carbocycles. The maximum atomic E-state index is 11.1. The lowest BCUT2D eigenvalue weighted by atomic mass is 10.1. The monoisotopic (exact) mass is 188 g/mol. The Morgan fingerprint density at radius 1 is 1.46 bits per heavy atom. The molecule has 0 aliphatic heterocycles. The summed E-state index contributed by atoms with van der Waals surface area (Å²) >= 11 is 0. The third-order valence-electron chi connectivity index (χ3n) is 1.57. The summed E-state index contributed by atoms with van der Waals surface area (Å²) < 4.78 is 5.08. The number of hydrogen-bond acceptors (Lipinski definition) is 3. The Balaban J connectivity index is 3.64. The van der Waals surface area contributed by atoms with E-state index in [0.29, 0.717) is 19.3 Å². The minimum atomic E-state index is -0.422. The van der Waals surface area contributed by atoms with Crippen LogP contribution in [0.25, 0.3) is 0 Å². The first-order valence-electron chi connectivity index (χ1n) is 4.75. The molecule has 3 heteroatoms. The smallest absolute Gasteiger partial charge is 0.306 e. The van der Waals surface area contributed by atoms with Crippen molar-refractivity contribution in [3.8, 4) is 0 Å². The Morgan fingerprint density at radius 3 is 2.38 bits per heavy atom. The minimum absolute atomic E-state index is 0.236. The van der Waals surface area contributed by atoms with Crippen molar-refractivity contribution in [2.75, 3.05) is 0 Å². The second kappa shape index (κ2) is 5.22. The van der Waals surface area contributed by atoms with Crippen molar-refractivity contribution in [2.24, 2.45) is 0 Å². The summed E-state index contributed by atoms with van der Waals surface area (Å²) in [6, 6.07) is 0. The molecule has 3 nitrogen and oxygen atoms in total. The van der Waals surface area contributed by atoms with Gasteiger partial charge in [-0.15, -0.1) is 0 Å². The van der Waals surface area contributed by atoms with Crippen LogP contribution in [0.3, 0.4) is 0 Å². The molecule has 0 saturated carbocycles. The lowest BCUT2D eigenvalue weighted by Gasteiger charge is -2.19. The zero-order valence-corrected chi connectivity index (χ0v) is 8.96. The van der Waals surface area contributed by atoms with E-state index in [4.69, 9.17) is 4.74 Å². The summed E-state index contributed by atoms with van der Waals surface area (Å²) in [5.74, 6) is -0.236. The molecule has 0 aromatic rings. The van der Waals surface area contributed by atoms with Crippen molar-refractivity contribution >= 4 is 5.97 Å². The zero-order valence-electron chi connectivity index (χ0n) is 8.96. The molecule has 0 rings (SSSR count). The van der Waals surface area contributed by atoms with Crippen molar-refractivity contribution in [1.29, 1.82) is 0 Å². The maximum absolute atomic E-state index is 11.1. The number of hydrogen-bond donors (Lipinski definition) is 1. The van der Waals surface area contributed by atoms with Gasteiger partial charge in [-0.25, -0.2) is 0 Å². The first-order valence-corrected chi connectivity index (χ1v) is 4.75. The van der Waals surface area contributed by atoms with E-state index < -0.39 is 5.60 Å². The number of carbonyl (C=O) groups excluding carboxylic acids is 1. The summed E-state index contributed by atoms with van der Waals surface area (Å²) in [6.07, 6.45) is 1.09. The molecule has 0 aromatic carbocycles. The molecule has 13 heavy (non-hydrogen) atoms. The lowest BCUT2D eigenvalue weighted by molar-refractivity contribution is -0.155. The molecular weight excluding hydrogens is 168 g/mol. The molecule has 0 fully saturated rings. The first kappa shape index (κ1) is 12.4. The van der Waals surface area contributed by atoms with Gasteiger partial charge in [0.2, 0.25) is 0 Å². The average molecular weight is 188 g/mol. The van der Waals surface area contributed by atoms with E-state index in [0.717, 1.165) is 0 Å². The van der Waals surface area contributed by atoms with Crippen molar-refractivity contribution < 1.29 is 14.6 Å². The number of ether oxygens (including phenoxy) is 1. The van der Waals surface area contributed by atoms with E-state index in [2.05, 4.69) is 0 Å². The van der Waals surface area contributed by atoms with Crippen molar-refractivity contribution in [3.63, 3.8) is 0 Å². The SMILES string of the molecule is CCC(O)CCC(=O)OC(C)(C)C. The highest BCUT2D eigenvalue weighted by atomic mass is 16.6. The number of carbonyl (C=O) groups is 1. The molecule has 0 aliphatic rings. The van der Waals surface area contributed by atoms with Gasteiger partial charge in [-0.1, -0.05) is 6.92 Å². The predicted octanol–water partition coefficient (Wildman–Crippen LogP) is 1.88. The number of esters is 1. The van der Waals surface area contributed by atoms with Crippen LogP contribution in [0.1, 0.15) is 47.0 Å². The fraction of sp³-hybridized carbons (Fsp3) is 0.900. The Kier molecular flexibility index (Phi) is 4.99. The van der Waals surface area contributed by atoms with Gasteiger partial charge < -0.3 is 9.84 Å². The molecule has 1 atom stereocenters. The molecule has 0 spiro atoms. The van der Waals surface area contributed by atoms with E-state index >= 15 is 0 Å². The molecule has 0 saturated heterocycles. The van der Waals surface area contributed by atoms with Gasteiger partial charge in [-0.05, 0) is 33.6 Å². The molecule has 78 valence electrons. The standard InChI is InChI=1S/C10H20O3/c1-5-8(11)6-7-9(12)13-10(2,3)4/h8,11H,5-7H2,1-4H3. The zero-order chi connectivity index (χ0) is 10.5. The van der Waals surface area contributed by atoms with Crippen LogP contribution in [-0.2, 0) is 9.53 Å². The van der Waals surface area contributed by atoms with Gasteiger partial charge in [0.15, 0.2) is 0 Å². The van der Waals surface area contributed by atoms with Crippen LogP contribution in [0.15, 0.2) is 0 Å². The highest BCUT2D eigenvalue weighted by Crippen LogP contribution is 2.10. The van der Waals surface area contributed by atoms with E-state index in [1.165, 1.54) is 0 Å². The van der Waals surface area contributed by atoms with Crippen LogP contribution in [0.2, 0.25) is 0 Å². The molecule has 0 aromatic heterocycles. The summed E-state index contributed by atoms with van der Waals surface area (Å²) in [5, 5.41) is 9.20. The van der Waals surface area contributed by atoms with Crippen molar-refractivity contribution in [1.82, 2.24) is 0 Å². The van der Waals surface area contributed by atoms with Gasteiger partial charge in [-0.2, -0.15) is 0 Å². The van der Waals surface area contributed by atoms with Crippen molar-refractivity contribution in [2.45, 2.75) is 58.7 Å². The van der Waals surface area contributed by atoms with E-state index in [1.54, 1.807) is 0 Å². The Bertz CT molecular complexity index is 158. The van der Waals surface area contributed by atoms with Crippen molar-refractivity contribution in [3.05, 3.63) is 0 Å². The third kappa shape index (κ3) is 7.78. The highest BCUT2D eigenvalue weighted by Gasteiger charge is 2.16. The average Bonchev–Trinajstić information content (AvgIpc) is 1.97. The largest absolute Gasteiger partial charge is 0.460 e. The van der Waals surface area contributed by atoms with Gasteiger partial charge in [0.25, 0.3) is 0 Å². The fourth-order valence-corrected chi connectivity index (χ4v) is 0.881. The quantitative estimate of drug-likeness (QED) is 0.685. The molecule has 1 unspecified atom stereocenters. The van der Waals surface area contributed by atoms with Gasteiger partial charge in [0.1, 0.15) is 5.60 Å². The minimum Gasteiger partial charge on any atom is -0.460 e. The van der Waals surface area contributed by atoms with Crippen LogP contribution in [-0.4, -0.2) is 22.8 Å². The Labute approximate surface area is 80.1 Å². The van der Waals surface area contributed by atoms with Crippen LogP contribution < -0.4 is 0 Å². The van der Waals surface area contributed by atoms with Crippen LogP contribution >= 0.6 is 0 Å². The van der Waals surface area contributed by atoms with Crippen LogP contribution in [0.5, 0.6) is 0 Å². The van der Waals surface area contributed by atoms with Gasteiger partial charge in [0, 0.05) is 6.42 Å². The Hall–Kier alpha value is -0.570. The highest BCUT2D eigenvalue weighted by molar-refractivity contribution is 5.69. The second-order valence-corrected chi connectivity index (χ2v) is 4.19. The Morgan fingerprint density at radius 2 is 2.00 bits per heavy atom. The summed E-state index contributed by atoms with van der Waals surface area (Å²) in [4.78, 5) is 11.1. The lowest BCUT2D eigenvalue weighted by Crippen LogP contribution is -2.24. The molecular formula is C10H20O3.